The van der Waals surface area contributed by atoms with Gasteiger partial charge < -0.3 is 5.32 Å². The number of hydrogen-bond donors (Lipinski definition) is 1. The number of pyridine rings is 1. The van der Waals surface area contributed by atoms with E-state index in [-0.39, 0.29) is 17.5 Å². The molecule has 1 aromatic heterocycles. The number of carbonyl (C=O) groups excluding carboxylic acids is 2. The average Bonchev–Trinajstić information content (AvgIpc) is 2.85. The molecule has 3 aromatic rings. The monoisotopic (exact) mass is 443 g/mol. The molecule has 2 heterocycles. The molecule has 1 fully saturated rings. The number of fused-ring (bicyclic) bond motifs is 1. The SMILES string of the molecule is O=C(NCc1cccnc1)C1c2ccccc2C(=O)N(c2ccccc2F)C12CCCCC2. The van der Waals surface area contributed by atoms with Crippen molar-refractivity contribution in [3.05, 3.63) is 95.6 Å². The van der Waals surface area contributed by atoms with Crippen LogP contribution in [0.5, 0.6) is 0 Å². The molecule has 6 heteroatoms. The first-order chi connectivity index (χ1) is 16.1. The molecular weight excluding hydrogens is 417 g/mol. The van der Waals surface area contributed by atoms with Gasteiger partial charge in [-0.05, 0) is 48.2 Å². The Morgan fingerprint density at radius 1 is 1.03 bits per heavy atom. The zero-order chi connectivity index (χ0) is 22.8. The van der Waals surface area contributed by atoms with Crippen molar-refractivity contribution in [2.45, 2.75) is 50.1 Å². The largest absolute Gasteiger partial charge is 0.351 e. The maximum Gasteiger partial charge on any atom is 0.259 e. The van der Waals surface area contributed by atoms with Gasteiger partial charge in [0.15, 0.2) is 0 Å². The summed E-state index contributed by atoms with van der Waals surface area (Å²) in [4.78, 5) is 33.3. The molecule has 168 valence electrons. The summed E-state index contributed by atoms with van der Waals surface area (Å²) in [5.74, 6) is -1.44. The number of rotatable bonds is 4. The fraction of sp³-hybridized carbons (Fsp3) is 0.296. The Morgan fingerprint density at radius 3 is 2.55 bits per heavy atom. The van der Waals surface area contributed by atoms with E-state index in [0.717, 1.165) is 30.4 Å². The molecule has 1 aliphatic heterocycles. The standard InChI is InChI=1S/C27H26FN3O2/c28-22-12-4-5-13-23(22)31-26(33)21-11-3-2-10-20(21)24(27(31)14-6-1-7-15-27)25(32)30-18-19-9-8-16-29-17-19/h2-5,8-13,16-17,24H,1,6-7,14-15,18H2,(H,30,32). The normalized spacial score (nSPS) is 19.2. The summed E-state index contributed by atoms with van der Waals surface area (Å²) in [6, 6.07) is 17.4. The predicted octanol–water partition coefficient (Wildman–Crippen LogP) is 4.98. The minimum Gasteiger partial charge on any atom is -0.351 e. The molecule has 1 aliphatic carbocycles. The number of benzene rings is 2. The summed E-state index contributed by atoms with van der Waals surface area (Å²) in [5, 5.41) is 3.07. The van der Waals surface area contributed by atoms with Gasteiger partial charge in [-0.3, -0.25) is 19.5 Å². The number of anilines is 1. The zero-order valence-corrected chi connectivity index (χ0v) is 18.3. The van der Waals surface area contributed by atoms with Gasteiger partial charge in [-0.15, -0.1) is 0 Å². The van der Waals surface area contributed by atoms with Crippen LogP contribution in [-0.2, 0) is 11.3 Å². The zero-order valence-electron chi connectivity index (χ0n) is 18.3. The smallest absolute Gasteiger partial charge is 0.259 e. The van der Waals surface area contributed by atoms with Crippen LogP contribution in [0.4, 0.5) is 10.1 Å². The van der Waals surface area contributed by atoms with Crippen LogP contribution in [-0.4, -0.2) is 22.3 Å². The second kappa shape index (κ2) is 8.77. The number of halogens is 1. The van der Waals surface area contributed by atoms with Gasteiger partial charge in [0.2, 0.25) is 5.91 Å². The second-order valence-electron chi connectivity index (χ2n) is 8.86. The van der Waals surface area contributed by atoms with Crippen molar-refractivity contribution in [2.24, 2.45) is 0 Å². The number of nitrogens with one attached hydrogen (secondary N) is 1. The summed E-state index contributed by atoms with van der Waals surface area (Å²) >= 11 is 0. The third kappa shape index (κ3) is 3.69. The van der Waals surface area contributed by atoms with Crippen molar-refractivity contribution in [3.8, 4) is 0 Å². The molecular formula is C27H26FN3O2. The van der Waals surface area contributed by atoms with E-state index >= 15 is 4.39 Å². The van der Waals surface area contributed by atoms with E-state index in [1.807, 2.05) is 24.3 Å². The summed E-state index contributed by atoms with van der Waals surface area (Å²) in [6.45, 7) is 0.342. The van der Waals surface area contributed by atoms with E-state index in [1.54, 1.807) is 47.6 Å². The van der Waals surface area contributed by atoms with Crippen LogP contribution in [0.1, 0.15) is 59.5 Å². The molecule has 1 N–H and O–H groups in total. The van der Waals surface area contributed by atoms with Gasteiger partial charge in [0, 0.05) is 24.5 Å². The van der Waals surface area contributed by atoms with E-state index in [0.29, 0.717) is 24.9 Å². The van der Waals surface area contributed by atoms with E-state index in [4.69, 9.17) is 0 Å². The fourth-order valence-corrected chi connectivity index (χ4v) is 5.52. The quantitative estimate of drug-likeness (QED) is 0.618. The molecule has 5 rings (SSSR count). The summed E-state index contributed by atoms with van der Waals surface area (Å²) in [6.07, 6.45) is 7.50. The lowest BCUT2D eigenvalue weighted by Gasteiger charge is -2.53. The maximum absolute atomic E-state index is 15.1. The Balaban J connectivity index is 1.63. The van der Waals surface area contributed by atoms with Crippen LogP contribution >= 0.6 is 0 Å². The first-order valence-electron chi connectivity index (χ1n) is 11.5. The van der Waals surface area contributed by atoms with Crippen LogP contribution in [0.25, 0.3) is 0 Å². The molecule has 2 aromatic carbocycles. The number of amides is 2. The molecule has 0 radical (unpaired) electrons. The van der Waals surface area contributed by atoms with Crippen LogP contribution < -0.4 is 10.2 Å². The van der Waals surface area contributed by atoms with Crippen molar-refractivity contribution in [2.75, 3.05) is 4.90 Å². The summed E-state index contributed by atoms with van der Waals surface area (Å²) in [5.41, 5.74) is 1.50. The Hall–Kier alpha value is -3.54. The van der Waals surface area contributed by atoms with Crippen molar-refractivity contribution in [3.63, 3.8) is 0 Å². The van der Waals surface area contributed by atoms with Crippen LogP contribution in [0.15, 0.2) is 73.1 Å². The fourth-order valence-electron chi connectivity index (χ4n) is 5.52. The lowest BCUT2D eigenvalue weighted by atomic mass is 9.65. The molecule has 2 amide bonds. The minimum absolute atomic E-state index is 0.151. The lowest BCUT2D eigenvalue weighted by Crippen LogP contribution is -2.63. The molecule has 1 atom stereocenters. The Bertz CT molecular complexity index is 1170. The maximum atomic E-state index is 15.1. The van der Waals surface area contributed by atoms with Crippen molar-refractivity contribution >= 4 is 17.5 Å². The van der Waals surface area contributed by atoms with Gasteiger partial charge in [-0.1, -0.05) is 55.7 Å². The molecule has 1 spiro atoms. The molecule has 5 nitrogen and oxygen atoms in total. The first kappa shape index (κ1) is 21.3. The van der Waals surface area contributed by atoms with Crippen molar-refractivity contribution in [1.82, 2.24) is 10.3 Å². The Kier molecular flexibility index (Phi) is 5.67. The van der Waals surface area contributed by atoms with E-state index in [1.165, 1.54) is 6.07 Å². The number of hydrogen-bond acceptors (Lipinski definition) is 3. The van der Waals surface area contributed by atoms with Gasteiger partial charge in [0.25, 0.3) is 5.91 Å². The lowest BCUT2D eigenvalue weighted by molar-refractivity contribution is -0.124. The number of aromatic nitrogens is 1. The molecule has 0 bridgehead atoms. The van der Waals surface area contributed by atoms with Gasteiger partial charge in [-0.25, -0.2) is 4.39 Å². The molecule has 1 saturated carbocycles. The first-order valence-corrected chi connectivity index (χ1v) is 11.5. The summed E-state index contributed by atoms with van der Waals surface area (Å²) in [7, 11) is 0. The highest BCUT2D eigenvalue weighted by molar-refractivity contribution is 6.12. The van der Waals surface area contributed by atoms with Gasteiger partial charge in [-0.2, -0.15) is 0 Å². The third-order valence-corrected chi connectivity index (χ3v) is 6.95. The van der Waals surface area contributed by atoms with Gasteiger partial charge in [0.05, 0.1) is 17.1 Å². The molecule has 1 unspecified atom stereocenters. The van der Waals surface area contributed by atoms with E-state index in [2.05, 4.69) is 10.3 Å². The average molecular weight is 444 g/mol. The highest BCUT2D eigenvalue weighted by Gasteiger charge is 2.55. The predicted molar refractivity (Wildman–Crippen MR) is 124 cm³/mol. The molecule has 33 heavy (non-hydrogen) atoms. The molecule has 2 aliphatic rings. The topological polar surface area (TPSA) is 62.3 Å². The Labute approximate surface area is 192 Å². The van der Waals surface area contributed by atoms with Crippen molar-refractivity contribution in [1.29, 1.82) is 0 Å². The van der Waals surface area contributed by atoms with Crippen LogP contribution in [0, 0.1) is 5.82 Å². The van der Waals surface area contributed by atoms with E-state index in [9.17, 15) is 9.59 Å². The van der Waals surface area contributed by atoms with Crippen LogP contribution in [0.2, 0.25) is 0 Å². The summed E-state index contributed by atoms with van der Waals surface area (Å²) < 4.78 is 15.1. The number of carbonyl (C=O) groups is 2. The highest BCUT2D eigenvalue weighted by Crippen LogP contribution is 2.51. The van der Waals surface area contributed by atoms with Gasteiger partial charge in [0.1, 0.15) is 5.82 Å². The minimum atomic E-state index is -0.815. The van der Waals surface area contributed by atoms with Gasteiger partial charge >= 0.3 is 0 Å². The Morgan fingerprint density at radius 2 is 1.79 bits per heavy atom. The number of nitrogens with zero attached hydrogens (tertiary/aromatic N) is 2. The number of para-hydroxylation sites is 1. The third-order valence-electron chi connectivity index (χ3n) is 6.95. The van der Waals surface area contributed by atoms with Crippen molar-refractivity contribution < 1.29 is 14.0 Å². The highest BCUT2D eigenvalue weighted by atomic mass is 19.1. The van der Waals surface area contributed by atoms with Crippen LogP contribution in [0.3, 0.4) is 0 Å². The second-order valence-corrected chi connectivity index (χ2v) is 8.86. The molecule has 0 saturated heterocycles. The van der Waals surface area contributed by atoms with E-state index < -0.39 is 17.3 Å².